The molecule has 0 bridgehead atoms. The molecule has 7 nitrogen and oxygen atoms in total. The number of piperazine rings is 1. The van der Waals surface area contributed by atoms with Crippen LogP contribution in [0.15, 0.2) is 12.1 Å². The van der Waals surface area contributed by atoms with E-state index in [1.807, 2.05) is 25.7 Å². The molecule has 0 unspecified atom stereocenters. The van der Waals surface area contributed by atoms with Gasteiger partial charge in [-0.05, 0) is 58.1 Å². The Hall–Kier alpha value is -2.15. The third-order valence-corrected chi connectivity index (χ3v) is 5.64. The van der Waals surface area contributed by atoms with Crippen LogP contribution >= 0.6 is 0 Å². The van der Waals surface area contributed by atoms with Crippen molar-refractivity contribution < 1.29 is 19.0 Å². The first kappa shape index (κ1) is 21.6. The Labute approximate surface area is 174 Å². The molecule has 0 aromatic heterocycles. The summed E-state index contributed by atoms with van der Waals surface area (Å²) >= 11 is 0. The Morgan fingerprint density at radius 3 is 2.48 bits per heavy atom. The fraction of sp³-hybridized carbons (Fsp3) is 0.682. The number of nitrogen functional groups attached to an aromatic ring is 1. The van der Waals surface area contributed by atoms with Gasteiger partial charge in [0, 0.05) is 50.6 Å². The summed E-state index contributed by atoms with van der Waals surface area (Å²) in [6, 6.07) is 4.16. The first-order valence-corrected chi connectivity index (χ1v) is 10.5. The van der Waals surface area contributed by atoms with Gasteiger partial charge in [-0.3, -0.25) is 0 Å². The van der Waals surface area contributed by atoms with E-state index >= 15 is 0 Å². The van der Waals surface area contributed by atoms with Crippen LogP contribution < -0.4 is 15.4 Å². The summed E-state index contributed by atoms with van der Waals surface area (Å²) in [4.78, 5) is 16.7. The number of carbonyl (C=O) groups excluding carboxylic acids is 1. The minimum absolute atomic E-state index is 0.0460. The molecule has 1 aromatic carbocycles. The molecule has 2 heterocycles. The summed E-state index contributed by atoms with van der Waals surface area (Å²) in [5.41, 5.74) is 8.82. The van der Waals surface area contributed by atoms with Crippen molar-refractivity contribution in [1.29, 1.82) is 0 Å². The van der Waals surface area contributed by atoms with Gasteiger partial charge in [-0.2, -0.15) is 0 Å². The third-order valence-electron chi connectivity index (χ3n) is 5.64. The zero-order chi connectivity index (χ0) is 21.2. The highest BCUT2D eigenvalue weighted by atomic mass is 16.6. The smallest absolute Gasteiger partial charge is 0.410 e. The molecule has 29 heavy (non-hydrogen) atoms. The maximum atomic E-state index is 12.6. The number of benzene rings is 1. The van der Waals surface area contributed by atoms with Crippen LogP contribution in [0, 0.1) is 0 Å². The second-order valence-electron chi connectivity index (χ2n) is 9.01. The van der Waals surface area contributed by atoms with E-state index in [-0.39, 0.29) is 12.1 Å². The van der Waals surface area contributed by atoms with Crippen molar-refractivity contribution in [3.63, 3.8) is 0 Å². The maximum Gasteiger partial charge on any atom is 0.410 e. The quantitative estimate of drug-likeness (QED) is 0.774. The van der Waals surface area contributed by atoms with Crippen LogP contribution in [0.1, 0.15) is 52.0 Å². The van der Waals surface area contributed by atoms with E-state index in [1.54, 1.807) is 7.11 Å². The molecule has 162 valence electrons. The van der Waals surface area contributed by atoms with Gasteiger partial charge < -0.3 is 29.7 Å². The van der Waals surface area contributed by atoms with Gasteiger partial charge in [0.2, 0.25) is 0 Å². The van der Waals surface area contributed by atoms with Crippen molar-refractivity contribution in [2.24, 2.45) is 0 Å². The zero-order valence-electron chi connectivity index (χ0n) is 18.4. The molecular weight excluding hydrogens is 370 g/mol. The molecule has 3 rings (SSSR count). The van der Waals surface area contributed by atoms with Crippen LogP contribution in [0.25, 0.3) is 0 Å². The van der Waals surface area contributed by atoms with Crippen molar-refractivity contribution in [2.45, 2.75) is 58.1 Å². The van der Waals surface area contributed by atoms with E-state index in [0.29, 0.717) is 23.9 Å². The molecule has 1 amide bonds. The number of nitrogens with zero attached hydrogens (tertiary/aromatic N) is 2. The largest absolute Gasteiger partial charge is 0.495 e. The fourth-order valence-electron chi connectivity index (χ4n) is 4.16. The number of anilines is 2. The van der Waals surface area contributed by atoms with Crippen LogP contribution in [-0.2, 0) is 9.47 Å². The highest BCUT2D eigenvalue weighted by Crippen LogP contribution is 2.40. The van der Waals surface area contributed by atoms with Gasteiger partial charge in [0.25, 0.3) is 0 Å². The summed E-state index contributed by atoms with van der Waals surface area (Å²) < 4.78 is 16.6. The van der Waals surface area contributed by atoms with E-state index in [4.69, 9.17) is 19.9 Å². The molecule has 2 fully saturated rings. The number of ether oxygens (including phenoxy) is 3. The Balaban J connectivity index is 1.82. The van der Waals surface area contributed by atoms with Crippen LogP contribution in [0.5, 0.6) is 5.75 Å². The standard InChI is InChI=1S/C22H35N3O4/c1-15-14-24(8-9-25(15)21(26)29-22(2,3)4)19-13-20(27-5)18(23)12-17(19)16-6-10-28-11-7-16/h12-13,15-16H,6-11,14,23H2,1-5H3/t15-/m0/s1. The summed E-state index contributed by atoms with van der Waals surface area (Å²) in [5.74, 6) is 1.11. The zero-order valence-corrected chi connectivity index (χ0v) is 18.4. The van der Waals surface area contributed by atoms with Crippen LogP contribution in [-0.4, -0.2) is 62.6 Å². The topological polar surface area (TPSA) is 77.3 Å². The van der Waals surface area contributed by atoms with Gasteiger partial charge in [-0.25, -0.2) is 4.79 Å². The lowest BCUT2D eigenvalue weighted by molar-refractivity contribution is 0.0158. The third kappa shape index (κ3) is 5.07. The number of carbonyl (C=O) groups is 1. The van der Waals surface area contributed by atoms with Gasteiger partial charge in [-0.15, -0.1) is 0 Å². The van der Waals surface area contributed by atoms with Crippen LogP contribution in [0.4, 0.5) is 16.2 Å². The van der Waals surface area contributed by atoms with Crippen molar-refractivity contribution >= 4 is 17.5 Å². The van der Waals surface area contributed by atoms with E-state index in [9.17, 15) is 4.79 Å². The van der Waals surface area contributed by atoms with Gasteiger partial charge >= 0.3 is 6.09 Å². The average molecular weight is 406 g/mol. The van der Waals surface area contributed by atoms with Crippen molar-refractivity contribution in [3.8, 4) is 5.75 Å². The highest BCUT2D eigenvalue weighted by Gasteiger charge is 2.33. The van der Waals surface area contributed by atoms with Crippen molar-refractivity contribution in [3.05, 3.63) is 17.7 Å². The van der Waals surface area contributed by atoms with E-state index < -0.39 is 5.60 Å². The van der Waals surface area contributed by atoms with Crippen molar-refractivity contribution in [2.75, 3.05) is 50.6 Å². The van der Waals surface area contributed by atoms with Crippen molar-refractivity contribution in [1.82, 2.24) is 4.90 Å². The number of hydrogen-bond donors (Lipinski definition) is 1. The predicted molar refractivity (Wildman–Crippen MR) is 115 cm³/mol. The van der Waals surface area contributed by atoms with E-state index in [0.717, 1.165) is 44.8 Å². The molecule has 0 aliphatic carbocycles. The maximum absolute atomic E-state index is 12.6. The molecule has 1 aromatic rings. The molecule has 0 saturated carbocycles. The molecule has 0 radical (unpaired) electrons. The van der Waals surface area contributed by atoms with E-state index in [2.05, 4.69) is 24.0 Å². The van der Waals surface area contributed by atoms with Crippen LogP contribution in [0.2, 0.25) is 0 Å². The first-order valence-electron chi connectivity index (χ1n) is 10.5. The van der Waals surface area contributed by atoms with Gasteiger partial charge in [0.15, 0.2) is 0 Å². The molecule has 2 N–H and O–H groups in total. The monoisotopic (exact) mass is 405 g/mol. The molecule has 2 aliphatic heterocycles. The lowest BCUT2D eigenvalue weighted by Crippen LogP contribution is -2.55. The average Bonchev–Trinajstić information content (AvgIpc) is 2.67. The SMILES string of the molecule is COc1cc(N2CCN(C(=O)OC(C)(C)C)[C@@H](C)C2)c(C2CCOCC2)cc1N. The second kappa shape index (κ2) is 8.69. The van der Waals surface area contributed by atoms with Crippen LogP contribution in [0.3, 0.4) is 0 Å². The fourth-order valence-corrected chi connectivity index (χ4v) is 4.16. The lowest BCUT2D eigenvalue weighted by atomic mass is 9.89. The Kier molecular flexibility index (Phi) is 6.46. The molecular formula is C22H35N3O4. The lowest BCUT2D eigenvalue weighted by Gasteiger charge is -2.42. The van der Waals surface area contributed by atoms with Gasteiger partial charge in [0.05, 0.1) is 12.8 Å². The Morgan fingerprint density at radius 1 is 1.21 bits per heavy atom. The van der Waals surface area contributed by atoms with Gasteiger partial charge in [-0.1, -0.05) is 0 Å². The van der Waals surface area contributed by atoms with Gasteiger partial charge in [0.1, 0.15) is 11.4 Å². The number of amides is 1. The highest BCUT2D eigenvalue weighted by molar-refractivity contribution is 5.71. The Bertz CT molecular complexity index is 726. The number of methoxy groups -OCH3 is 1. The second-order valence-corrected chi connectivity index (χ2v) is 9.01. The minimum atomic E-state index is -0.492. The molecule has 1 atom stereocenters. The molecule has 2 saturated heterocycles. The number of hydrogen-bond acceptors (Lipinski definition) is 6. The first-order chi connectivity index (χ1) is 13.7. The Morgan fingerprint density at radius 2 is 1.90 bits per heavy atom. The minimum Gasteiger partial charge on any atom is -0.495 e. The summed E-state index contributed by atoms with van der Waals surface area (Å²) in [6.07, 6.45) is 1.74. The molecule has 7 heteroatoms. The summed E-state index contributed by atoms with van der Waals surface area (Å²) in [5, 5.41) is 0. The molecule has 2 aliphatic rings. The number of nitrogens with two attached hydrogens (primary N) is 1. The normalized spacial score (nSPS) is 21.2. The van der Waals surface area contributed by atoms with E-state index in [1.165, 1.54) is 5.56 Å². The summed E-state index contributed by atoms with van der Waals surface area (Å²) in [7, 11) is 1.65. The predicted octanol–water partition coefficient (Wildman–Crippen LogP) is 3.62. The summed E-state index contributed by atoms with van der Waals surface area (Å²) in [6.45, 7) is 11.4. The number of rotatable bonds is 3. The molecule has 0 spiro atoms.